The summed E-state index contributed by atoms with van der Waals surface area (Å²) in [5, 5.41) is 3.47. The fraction of sp³-hybridized carbons (Fsp3) is 0.333. The minimum absolute atomic E-state index is 0.304. The van der Waals surface area contributed by atoms with Crippen LogP contribution in [0.3, 0.4) is 0 Å². The molecule has 1 aromatic heterocycles. The van der Waals surface area contributed by atoms with Crippen LogP contribution in [-0.4, -0.2) is 24.0 Å². The molecule has 1 fully saturated rings. The highest BCUT2D eigenvalue weighted by Gasteiger charge is 2.14. The Kier molecular flexibility index (Phi) is 5.59. The van der Waals surface area contributed by atoms with Crippen molar-refractivity contribution in [1.29, 1.82) is 0 Å². The number of amides is 1. The van der Waals surface area contributed by atoms with Crippen LogP contribution in [0.15, 0.2) is 36.5 Å². The Morgan fingerprint density at radius 2 is 1.79 bits per heavy atom. The normalized spacial score (nSPS) is 15.0. The van der Waals surface area contributed by atoms with Crippen molar-refractivity contribution < 1.29 is 4.79 Å². The van der Waals surface area contributed by atoms with E-state index >= 15 is 0 Å². The maximum atomic E-state index is 12.3. The van der Waals surface area contributed by atoms with Gasteiger partial charge in [-0.2, -0.15) is 0 Å². The molecule has 0 saturated carbocycles. The van der Waals surface area contributed by atoms with Crippen molar-refractivity contribution in [3.8, 4) is 0 Å². The maximum absolute atomic E-state index is 12.3. The summed E-state index contributed by atoms with van der Waals surface area (Å²) >= 11 is 12.1. The molecule has 0 unspecified atom stereocenters. The second kappa shape index (κ2) is 7.86. The van der Waals surface area contributed by atoms with E-state index in [2.05, 4.69) is 15.2 Å². The Morgan fingerprint density at radius 3 is 2.46 bits per heavy atom. The third-order valence-electron chi connectivity index (χ3n) is 4.15. The molecule has 1 amide bonds. The van der Waals surface area contributed by atoms with Crippen LogP contribution in [0, 0.1) is 0 Å². The summed E-state index contributed by atoms with van der Waals surface area (Å²) in [5.74, 6) is -0.304. The Labute approximate surface area is 151 Å². The van der Waals surface area contributed by atoms with Crippen molar-refractivity contribution >= 4 is 40.5 Å². The van der Waals surface area contributed by atoms with Crippen LogP contribution < -0.4 is 10.2 Å². The first kappa shape index (κ1) is 17.1. The lowest BCUT2D eigenvalue weighted by molar-refractivity contribution is 0.102. The van der Waals surface area contributed by atoms with Gasteiger partial charge in [-0.1, -0.05) is 42.1 Å². The number of nitrogens with one attached hydrogen (secondary N) is 1. The van der Waals surface area contributed by atoms with Gasteiger partial charge in [0.15, 0.2) is 0 Å². The highest BCUT2D eigenvalue weighted by molar-refractivity contribution is 6.44. The van der Waals surface area contributed by atoms with E-state index in [0.717, 1.165) is 18.8 Å². The van der Waals surface area contributed by atoms with Crippen LogP contribution in [0.2, 0.25) is 10.0 Å². The summed E-state index contributed by atoms with van der Waals surface area (Å²) in [6, 6.07) is 8.81. The molecule has 0 radical (unpaired) electrons. The first-order valence-corrected chi connectivity index (χ1v) is 8.87. The number of anilines is 2. The van der Waals surface area contributed by atoms with E-state index in [1.165, 1.54) is 25.7 Å². The van der Waals surface area contributed by atoms with E-state index in [0.29, 0.717) is 21.4 Å². The standard InChI is InChI=1S/C18H19Cl2N3O/c19-14-6-5-7-15(17(14)20)22-18(24)16-9-8-13(12-21-16)23-10-3-1-2-4-11-23/h5-9,12H,1-4,10-11H2,(H,22,24). The van der Waals surface area contributed by atoms with Crippen LogP contribution in [0.25, 0.3) is 0 Å². The van der Waals surface area contributed by atoms with Crippen molar-refractivity contribution in [2.45, 2.75) is 25.7 Å². The highest BCUT2D eigenvalue weighted by Crippen LogP contribution is 2.29. The molecule has 1 N–H and O–H groups in total. The molecule has 2 aromatic rings. The fourth-order valence-electron chi connectivity index (χ4n) is 2.82. The number of nitrogens with zero attached hydrogens (tertiary/aromatic N) is 2. The van der Waals surface area contributed by atoms with Crippen molar-refractivity contribution in [2.75, 3.05) is 23.3 Å². The van der Waals surface area contributed by atoms with Crippen molar-refractivity contribution in [3.63, 3.8) is 0 Å². The second-order valence-electron chi connectivity index (χ2n) is 5.86. The van der Waals surface area contributed by atoms with Crippen LogP contribution >= 0.6 is 23.2 Å². The van der Waals surface area contributed by atoms with Gasteiger partial charge in [-0.3, -0.25) is 4.79 Å². The smallest absolute Gasteiger partial charge is 0.274 e. The number of halogens is 2. The lowest BCUT2D eigenvalue weighted by Gasteiger charge is -2.22. The predicted molar refractivity (Wildman–Crippen MR) is 99.3 cm³/mol. The van der Waals surface area contributed by atoms with Gasteiger partial charge in [0.25, 0.3) is 5.91 Å². The summed E-state index contributed by atoms with van der Waals surface area (Å²) in [6.45, 7) is 2.09. The largest absolute Gasteiger partial charge is 0.370 e. The molecule has 6 heteroatoms. The number of aromatic nitrogens is 1. The molecule has 3 rings (SSSR count). The number of hydrogen-bond acceptors (Lipinski definition) is 3. The van der Waals surface area contributed by atoms with Crippen molar-refractivity contribution in [3.05, 3.63) is 52.3 Å². The average Bonchev–Trinajstić information content (AvgIpc) is 2.88. The molecular formula is C18H19Cl2N3O. The van der Waals surface area contributed by atoms with Gasteiger partial charge in [0, 0.05) is 13.1 Å². The molecule has 0 spiro atoms. The molecule has 0 aliphatic carbocycles. The topological polar surface area (TPSA) is 45.2 Å². The molecule has 2 heterocycles. The molecule has 1 aliphatic rings. The quantitative estimate of drug-likeness (QED) is 0.832. The van der Waals surface area contributed by atoms with Crippen molar-refractivity contribution in [1.82, 2.24) is 4.98 Å². The van der Waals surface area contributed by atoms with E-state index in [1.807, 2.05) is 6.07 Å². The summed E-state index contributed by atoms with van der Waals surface area (Å²) in [7, 11) is 0. The number of hydrogen-bond donors (Lipinski definition) is 1. The Balaban J connectivity index is 1.70. The summed E-state index contributed by atoms with van der Waals surface area (Å²) in [4.78, 5) is 19.0. The van der Waals surface area contributed by atoms with Gasteiger partial charge in [-0.25, -0.2) is 4.98 Å². The van der Waals surface area contributed by atoms with Gasteiger partial charge in [0.05, 0.1) is 27.6 Å². The number of pyridine rings is 1. The third-order valence-corrected chi connectivity index (χ3v) is 4.97. The zero-order valence-corrected chi connectivity index (χ0v) is 14.8. The van der Waals surface area contributed by atoms with Gasteiger partial charge in [-0.15, -0.1) is 0 Å². The Bertz CT molecular complexity index is 711. The molecule has 24 heavy (non-hydrogen) atoms. The zero-order chi connectivity index (χ0) is 16.9. The summed E-state index contributed by atoms with van der Waals surface area (Å²) in [5.41, 5.74) is 1.89. The van der Waals surface area contributed by atoms with E-state index in [9.17, 15) is 4.79 Å². The van der Waals surface area contributed by atoms with Crippen LogP contribution in [0.4, 0.5) is 11.4 Å². The van der Waals surface area contributed by atoms with E-state index in [1.54, 1.807) is 30.5 Å². The lowest BCUT2D eigenvalue weighted by Crippen LogP contribution is -2.24. The SMILES string of the molecule is O=C(Nc1cccc(Cl)c1Cl)c1ccc(N2CCCCCC2)cn1. The lowest BCUT2D eigenvalue weighted by atomic mass is 10.2. The number of rotatable bonds is 3. The Hall–Kier alpha value is -1.78. The average molecular weight is 364 g/mol. The van der Waals surface area contributed by atoms with Gasteiger partial charge in [0.1, 0.15) is 5.69 Å². The molecule has 0 atom stereocenters. The van der Waals surface area contributed by atoms with Crippen LogP contribution in [0.5, 0.6) is 0 Å². The van der Waals surface area contributed by atoms with E-state index in [-0.39, 0.29) is 5.91 Å². The maximum Gasteiger partial charge on any atom is 0.274 e. The first-order chi connectivity index (χ1) is 11.6. The summed E-state index contributed by atoms with van der Waals surface area (Å²) < 4.78 is 0. The molecular weight excluding hydrogens is 345 g/mol. The summed E-state index contributed by atoms with van der Waals surface area (Å²) in [6.07, 6.45) is 6.74. The van der Waals surface area contributed by atoms with Crippen LogP contribution in [0.1, 0.15) is 36.2 Å². The van der Waals surface area contributed by atoms with Gasteiger partial charge in [-0.05, 0) is 37.1 Å². The zero-order valence-electron chi connectivity index (χ0n) is 13.3. The molecule has 1 saturated heterocycles. The minimum Gasteiger partial charge on any atom is -0.370 e. The number of carbonyl (C=O) groups excluding carboxylic acids is 1. The van der Waals surface area contributed by atoms with Gasteiger partial charge >= 0.3 is 0 Å². The van der Waals surface area contributed by atoms with Crippen LogP contribution in [-0.2, 0) is 0 Å². The first-order valence-electron chi connectivity index (χ1n) is 8.11. The second-order valence-corrected chi connectivity index (χ2v) is 6.64. The number of carbonyl (C=O) groups is 1. The van der Waals surface area contributed by atoms with Gasteiger partial charge < -0.3 is 10.2 Å². The highest BCUT2D eigenvalue weighted by atomic mass is 35.5. The molecule has 1 aromatic carbocycles. The number of benzene rings is 1. The minimum atomic E-state index is -0.304. The molecule has 0 bridgehead atoms. The predicted octanol–water partition coefficient (Wildman–Crippen LogP) is 5.02. The Morgan fingerprint density at radius 1 is 1.04 bits per heavy atom. The van der Waals surface area contributed by atoms with Gasteiger partial charge in [0.2, 0.25) is 0 Å². The fourth-order valence-corrected chi connectivity index (χ4v) is 3.17. The van der Waals surface area contributed by atoms with E-state index in [4.69, 9.17) is 23.2 Å². The third kappa shape index (κ3) is 4.00. The molecule has 4 nitrogen and oxygen atoms in total. The molecule has 1 aliphatic heterocycles. The molecule has 126 valence electrons. The monoisotopic (exact) mass is 363 g/mol. The van der Waals surface area contributed by atoms with Crippen molar-refractivity contribution in [2.24, 2.45) is 0 Å². The van der Waals surface area contributed by atoms with E-state index < -0.39 is 0 Å².